The van der Waals surface area contributed by atoms with E-state index in [1.54, 1.807) is 31.0 Å². The van der Waals surface area contributed by atoms with E-state index < -0.39 is 0 Å². The largest absolute Gasteiger partial charge is 0.360 e. The number of carbonyl (C=O) groups excluding carboxylic acids is 1. The summed E-state index contributed by atoms with van der Waals surface area (Å²) in [6.07, 6.45) is 0. The molecule has 0 saturated carbocycles. The third-order valence-electron chi connectivity index (χ3n) is 3.36. The number of likely N-dealkylation sites (N-methyl/N-ethyl adjacent to an activating group) is 1. The summed E-state index contributed by atoms with van der Waals surface area (Å²) in [5.74, 6) is 1.47. The predicted octanol–water partition coefficient (Wildman–Crippen LogP) is 4.02. The lowest BCUT2D eigenvalue weighted by molar-refractivity contribution is -0.115. The maximum absolute atomic E-state index is 12.1. The Morgan fingerprint density at radius 2 is 2.17 bits per heavy atom. The fourth-order valence-electron chi connectivity index (χ4n) is 2.26. The fraction of sp³-hybridized carbons (Fsp3) is 0.188. The molecular weight excluding hydrogens is 396 g/mol. The van der Waals surface area contributed by atoms with Gasteiger partial charge < -0.3 is 14.7 Å². The van der Waals surface area contributed by atoms with Gasteiger partial charge in [0.25, 0.3) is 0 Å². The van der Waals surface area contributed by atoms with Gasteiger partial charge in [-0.3, -0.25) is 4.79 Å². The van der Waals surface area contributed by atoms with Crippen LogP contribution in [0, 0.1) is 6.92 Å². The minimum Gasteiger partial charge on any atom is -0.360 e. The second-order valence-electron chi connectivity index (χ2n) is 5.36. The zero-order valence-electron chi connectivity index (χ0n) is 13.0. The first kappa shape index (κ1) is 16.7. The van der Waals surface area contributed by atoms with E-state index in [0.29, 0.717) is 27.9 Å². The van der Waals surface area contributed by atoms with E-state index in [1.807, 2.05) is 18.2 Å². The van der Waals surface area contributed by atoms with E-state index in [0.717, 1.165) is 9.86 Å². The lowest BCUT2D eigenvalue weighted by Gasteiger charge is -2.18. The van der Waals surface area contributed by atoms with E-state index in [4.69, 9.17) is 16.1 Å². The van der Waals surface area contributed by atoms with E-state index >= 15 is 0 Å². The monoisotopic (exact) mass is 408 g/mol. The number of halogens is 2. The van der Waals surface area contributed by atoms with Crippen molar-refractivity contribution in [3.8, 4) is 0 Å². The zero-order chi connectivity index (χ0) is 17.3. The molecule has 0 aliphatic rings. The lowest BCUT2D eigenvalue weighted by atomic mass is 10.2. The molecule has 0 saturated heterocycles. The highest BCUT2D eigenvalue weighted by atomic mass is 79.9. The van der Waals surface area contributed by atoms with Crippen molar-refractivity contribution in [3.05, 3.63) is 45.6 Å². The molecule has 0 unspecified atom stereocenters. The number of pyridine rings is 1. The van der Waals surface area contributed by atoms with Gasteiger partial charge in [-0.25, -0.2) is 4.98 Å². The molecule has 0 atom stereocenters. The number of hydrogen-bond donors (Lipinski definition) is 1. The molecule has 1 N–H and O–H groups in total. The Kier molecular flexibility index (Phi) is 4.73. The van der Waals surface area contributed by atoms with Gasteiger partial charge in [0, 0.05) is 23.0 Å². The van der Waals surface area contributed by atoms with Crippen molar-refractivity contribution in [2.75, 3.05) is 23.8 Å². The molecule has 0 bridgehead atoms. The fourth-order valence-corrected chi connectivity index (χ4v) is 3.14. The zero-order valence-corrected chi connectivity index (χ0v) is 15.3. The van der Waals surface area contributed by atoms with Gasteiger partial charge >= 0.3 is 0 Å². The summed E-state index contributed by atoms with van der Waals surface area (Å²) in [4.78, 5) is 18.4. The van der Waals surface area contributed by atoms with Crippen LogP contribution in [0.4, 0.5) is 11.6 Å². The average molecular weight is 410 g/mol. The maximum Gasteiger partial charge on any atom is 0.245 e. The smallest absolute Gasteiger partial charge is 0.245 e. The molecule has 2 heterocycles. The molecule has 1 aromatic carbocycles. The Balaban J connectivity index is 1.75. The molecule has 2 aromatic heterocycles. The number of nitrogens with zero attached hydrogens (tertiary/aromatic N) is 3. The minimum atomic E-state index is -0.213. The van der Waals surface area contributed by atoms with Crippen LogP contribution in [-0.4, -0.2) is 29.6 Å². The molecule has 3 rings (SSSR count). The summed E-state index contributed by atoms with van der Waals surface area (Å²) in [5, 5.41) is 7.89. The molecule has 124 valence electrons. The van der Waals surface area contributed by atoms with Crippen molar-refractivity contribution in [3.63, 3.8) is 0 Å². The first-order valence-corrected chi connectivity index (χ1v) is 8.29. The van der Waals surface area contributed by atoms with Crippen LogP contribution < -0.4 is 10.2 Å². The SMILES string of the molecule is Cc1cc(NC(=O)CN(C)c2ccc3cc(Br)cc(Cl)c3n2)no1. The van der Waals surface area contributed by atoms with Crippen molar-refractivity contribution in [1.82, 2.24) is 10.1 Å². The van der Waals surface area contributed by atoms with Gasteiger partial charge in [-0.05, 0) is 31.2 Å². The molecule has 6 nitrogen and oxygen atoms in total. The summed E-state index contributed by atoms with van der Waals surface area (Å²) in [6, 6.07) is 9.16. The van der Waals surface area contributed by atoms with E-state index in [1.165, 1.54) is 0 Å². The lowest BCUT2D eigenvalue weighted by Crippen LogP contribution is -2.30. The normalized spacial score (nSPS) is 10.8. The molecule has 0 spiro atoms. The molecule has 3 aromatic rings. The highest BCUT2D eigenvalue weighted by Gasteiger charge is 2.12. The van der Waals surface area contributed by atoms with E-state index in [-0.39, 0.29) is 12.5 Å². The Hall–Kier alpha value is -2.12. The van der Waals surface area contributed by atoms with Crippen LogP contribution >= 0.6 is 27.5 Å². The number of fused-ring (bicyclic) bond motifs is 1. The van der Waals surface area contributed by atoms with E-state index in [2.05, 4.69) is 31.4 Å². The van der Waals surface area contributed by atoms with Gasteiger partial charge in [0.15, 0.2) is 5.82 Å². The van der Waals surface area contributed by atoms with Crippen molar-refractivity contribution in [1.29, 1.82) is 0 Å². The van der Waals surface area contributed by atoms with Crippen LogP contribution in [0.25, 0.3) is 10.9 Å². The first-order valence-electron chi connectivity index (χ1n) is 7.12. The minimum absolute atomic E-state index is 0.124. The third-order valence-corrected chi connectivity index (χ3v) is 4.11. The topological polar surface area (TPSA) is 71.3 Å². The van der Waals surface area contributed by atoms with Crippen LogP contribution in [0.5, 0.6) is 0 Å². The number of aryl methyl sites for hydroxylation is 1. The van der Waals surface area contributed by atoms with Gasteiger partial charge in [0.05, 0.1) is 17.1 Å². The summed E-state index contributed by atoms with van der Waals surface area (Å²) in [5.41, 5.74) is 0.691. The molecule has 0 aliphatic carbocycles. The number of aromatic nitrogens is 2. The van der Waals surface area contributed by atoms with Crippen molar-refractivity contribution < 1.29 is 9.32 Å². The number of carbonyl (C=O) groups is 1. The maximum atomic E-state index is 12.1. The van der Waals surface area contributed by atoms with Crippen molar-refractivity contribution in [2.24, 2.45) is 0 Å². The van der Waals surface area contributed by atoms with Gasteiger partial charge in [-0.2, -0.15) is 0 Å². The number of nitrogens with one attached hydrogen (secondary N) is 1. The van der Waals surface area contributed by atoms with Gasteiger partial charge in [-0.15, -0.1) is 0 Å². The van der Waals surface area contributed by atoms with Gasteiger partial charge in [-0.1, -0.05) is 32.7 Å². The summed E-state index contributed by atoms with van der Waals surface area (Å²) in [7, 11) is 1.79. The van der Waals surface area contributed by atoms with Crippen LogP contribution in [0.2, 0.25) is 5.02 Å². The van der Waals surface area contributed by atoms with Gasteiger partial charge in [0.1, 0.15) is 11.6 Å². The van der Waals surface area contributed by atoms with Gasteiger partial charge in [0.2, 0.25) is 5.91 Å². The second-order valence-corrected chi connectivity index (χ2v) is 6.68. The number of amides is 1. The summed E-state index contributed by atoms with van der Waals surface area (Å²) in [6.45, 7) is 1.88. The first-order chi connectivity index (χ1) is 11.4. The predicted molar refractivity (Wildman–Crippen MR) is 97.6 cm³/mol. The molecule has 8 heteroatoms. The molecule has 0 fully saturated rings. The summed E-state index contributed by atoms with van der Waals surface area (Å²) < 4.78 is 5.81. The van der Waals surface area contributed by atoms with Crippen LogP contribution in [0.15, 0.2) is 39.3 Å². The number of hydrogen-bond acceptors (Lipinski definition) is 5. The standard InChI is InChI=1S/C16H14BrClN4O2/c1-9-5-13(21-24-9)19-15(23)8-22(2)14-4-3-10-6-11(17)7-12(18)16(10)20-14/h3-7H,8H2,1-2H3,(H,19,21,23). The highest BCUT2D eigenvalue weighted by Crippen LogP contribution is 2.28. The quantitative estimate of drug-likeness (QED) is 0.704. The number of anilines is 2. The molecule has 1 amide bonds. The third kappa shape index (κ3) is 3.68. The highest BCUT2D eigenvalue weighted by molar-refractivity contribution is 9.10. The summed E-state index contributed by atoms with van der Waals surface area (Å²) >= 11 is 9.65. The Labute approximate surface area is 151 Å². The van der Waals surface area contributed by atoms with Crippen LogP contribution in [0.1, 0.15) is 5.76 Å². The van der Waals surface area contributed by atoms with Crippen molar-refractivity contribution >= 4 is 56.0 Å². The second kappa shape index (κ2) is 6.78. The molecular formula is C16H14BrClN4O2. The van der Waals surface area contributed by atoms with Crippen LogP contribution in [0.3, 0.4) is 0 Å². The Morgan fingerprint density at radius 1 is 1.38 bits per heavy atom. The average Bonchev–Trinajstić information content (AvgIpc) is 2.91. The molecule has 24 heavy (non-hydrogen) atoms. The number of rotatable bonds is 4. The molecule has 0 radical (unpaired) electrons. The molecule has 0 aliphatic heterocycles. The van der Waals surface area contributed by atoms with Crippen molar-refractivity contribution in [2.45, 2.75) is 6.92 Å². The number of benzene rings is 1. The Morgan fingerprint density at radius 3 is 2.88 bits per heavy atom. The Bertz CT molecular complexity index is 912. The van der Waals surface area contributed by atoms with Crippen LogP contribution in [-0.2, 0) is 4.79 Å². The van der Waals surface area contributed by atoms with E-state index in [9.17, 15) is 4.79 Å².